The highest BCUT2D eigenvalue weighted by Gasteiger charge is 2.21. The largest absolute Gasteiger partial charge is 0.462 e. The number of rotatable bonds is 4. The first-order chi connectivity index (χ1) is 14.9. The van der Waals surface area contributed by atoms with Crippen LogP contribution in [0.15, 0.2) is 54.6 Å². The van der Waals surface area contributed by atoms with E-state index in [1.807, 2.05) is 55.5 Å². The Hall–Kier alpha value is -2.95. The summed E-state index contributed by atoms with van der Waals surface area (Å²) < 4.78 is 5.13. The fraction of sp³-hybridized carbons (Fsp3) is 0.160. The number of esters is 1. The van der Waals surface area contributed by atoms with Gasteiger partial charge < -0.3 is 4.74 Å². The number of fused-ring (bicyclic) bond motifs is 1. The number of pyridine rings is 2. The van der Waals surface area contributed by atoms with Crippen LogP contribution in [0, 0.1) is 13.8 Å². The zero-order valence-electron chi connectivity index (χ0n) is 17.4. The molecule has 0 amide bonds. The van der Waals surface area contributed by atoms with Crippen molar-refractivity contribution in [3.05, 3.63) is 81.6 Å². The van der Waals surface area contributed by atoms with Crippen LogP contribution in [-0.4, -0.2) is 22.5 Å². The normalized spacial score (nSPS) is 11.0. The quantitative estimate of drug-likeness (QED) is 0.312. The summed E-state index contributed by atoms with van der Waals surface area (Å²) in [5, 5.41) is 2.12. The molecule has 0 aliphatic carbocycles. The smallest absolute Gasteiger partial charge is 0.339 e. The molecule has 0 spiro atoms. The van der Waals surface area contributed by atoms with Crippen molar-refractivity contribution < 1.29 is 9.53 Å². The second-order valence-corrected chi connectivity index (χ2v) is 7.98. The van der Waals surface area contributed by atoms with Crippen molar-refractivity contribution >= 4 is 40.1 Å². The molecular weight excluding hydrogens is 431 g/mol. The van der Waals surface area contributed by atoms with Crippen LogP contribution < -0.4 is 0 Å². The molecule has 2 aromatic heterocycles. The van der Waals surface area contributed by atoms with Crippen LogP contribution in [-0.2, 0) is 4.74 Å². The molecule has 0 bridgehead atoms. The van der Waals surface area contributed by atoms with Crippen LogP contribution in [0.3, 0.4) is 0 Å². The standard InChI is InChI=1S/C25H20Cl2N2O2/c1-4-31-25(30)17-10-12-22(28-14(17)2)23-15(3)29-21-11-9-16(26)13-19(21)24(23)18-7-5-6-8-20(18)27/h5-13H,4H2,1-3H3. The van der Waals surface area contributed by atoms with Crippen LogP contribution in [0.1, 0.15) is 28.7 Å². The van der Waals surface area contributed by atoms with Crippen molar-refractivity contribution in [3.63, 3.8) is 0 Å². The third-order valence-corrected chi connectivity index (χ3v) is 5.67. The van der Waals surface area contributed by atoms with E-state index >= 15 is 0 Å². The van der Waals surface area contributed by atoms with Gasteiger partial charge in [0.25, 0.3) is 0 Å². The monoisotopic (exact) mass is 450 g/mol. The van der Waals surface area contributed by atoms with E-state index in [1.54, 1.807) is 19.9 Å². The van der Waals surface area contributed by atoms with Gasteiger partial charge >= 0.3 is 5.97 Å². The summed E-state index contributed by atoms with van der Waals surface area (Å²) in [6, 6.07) is 16.8. The van der Waals surface area contributed by atoms with Gasteiger partial charge in [-0.1, -0.05) is 41.4 Å². The second kappa shape index (κ2) is 8.66. The van der Waals surface area contributed by atoms with E-state index in [-0.39, 0.29) is 5.97 Å². The molecule has 0 fully saturated rings. The van der Waals surface area contributed by atoms with Crippen LogP contribution >= 0.6 is 23.2 Å². The number of carbonyl (C=O) groups excluding carboxylic acids is 1. The van der Waals surface area contributed by atoms with E-state index in [0.29, 0.717) is 33.6 Å². The average molecular weight is 451 g/mol. The molecule has 31 heavy (non-hydrogen) atoms. The van der Waals surface area contributed by atoms with Crippen LogP contribution in [0.2, 0.25) is 10.0 Å². The number of halogens is 2. The fourth-order valence-corrected chi connectivity index (χ4v) is 4.14. The molecule has 156 valence electrons. The molecule has 0 saturated carbocycles. The highest BCUT2D eigenvalue weighted by molar-refractivity contribution is 6.34. The summed E-state index contributed by atoms with van der Waals surface area (Å²) in [6.07, 6.45) is 0. The van der Waals surface area contributed by atoms with Crippen molar-refractivity contribution in [1.82, 2.24) is 9.97 Å². The Labute approximate surface area is 190 Å². The molecule has 4 nitrogen and oxygen atoms in total. The van der Waals surface area contributed by atoms with E-state index in [0.717, 1.165) is 33.3 Å². The maximum Gasteiger partial charge on any atom is 0.339 e. The molecule has 0 aliphatic heterocycles. The Kier molecular flexibility index (Phi) is 5.94. The number of hydrogen-bond acceptors (Lipinski definition) is 4. The van der Waals surface area contributed by atoms with Crippen molar-refractivity contribution in [2.45, 2.75) is 20.8 Å². The minimum atomic E-state index is -0.384. The van der Waals surface area contributed by atoms with Crippen molar-refractivity contribution in [3.8, 4) is 22.4 Å². The van der Waals surface area contributed by atoms with Gasteiger partial charge in [0, 0.05) is 37.8 Å². The van der Waals surface area contributed by atoms with Crippen molar-refractivity contribution in [2.24, 2.45) is 0 Å². The summed E-state index contributed by atoms with van der Waals surface area (Å²) in [4.78, 5) is 21.7. The van der Waals surface area contributed by atoms with Crippen LogP contribution in [0.4, 0.5) is 0 Å². The lowest BCUT2D eigenvalue weighted by Gasteiger charge is -2.17. The van der Waals surface area contributed by atoms with Gasteiger partial charge in [-0.05, 0) is 57.2 Å². The highest BCUT2D eigenvalue weighted by Crippen LogP contribution is 2.42. The molecule has 0 aliphatic rings. The van der Waals surface area contributed by atoms with E-state index in [1.165, 1.54) is 0 Å². The van der Waals surface area contributed by atoms with E-state index in [2.05, 4.69) is 0 Å². The lowest BCUT2D eigenvalue weighted by Crippen LogP contribution is -2.08. The van der Waals surface area contributed by atoms with E-state index in [9.17, 15) is 4.79 Å². The third kappa shape index (κ3) is 4.01. The topological polar surface area (TPSA) is 52.1 Å². The maximum atomic E-state index is 12.2. The molecule has 0 unspecified atom stereocenters. The molecule has 0 radical (unpaired) electrons. The first-order valence-electron chi connectivity index (χ1n) is 9.90. The SMILES string of the molecule is CCOC(=O)c1ccc(-c2c(C)nc3ccc(Cl)cc3c2-c2ccccc2Cl)nc1C. The Morgan fingerprint density at radius 3 is 2.42 bits per heavy atom. The van der Waals surface area contributed by atoms with Crippen LogP contribution in [0.5, 0.6) is 0 Å². The summed E-state index contributed by atoms with van der Waals surface area (Å²) in [5.74, 6) is -0.384. The van der Waals surface area contributed by atoms with E-state index in [4.69, 9.17) is 37.9 Å². The Morgan fingerprint density at radius 1 is 0.935 bits per heavy atom. The van der Waals surface area contributed by atoms with Gasteiger partial charge in [-0.25, -0.2) is 4.79 Å². The van der Waals surface area contributed by atoms with Gasteiger partial charge in [-0.3, -0.25) is 9.97 Å². The molecule has 2 heterocycles. The number of carbonyl (C=O) groups is 1. The van der Waals surface area contributed by atoms with Gasteiger partial charge in [-0.2, -0.15) is 0 Å². The zero-order chi connectivity index (χ0) is 22.1. The van der Waals surface area contributed by atoms with Gasteiger partial charge in [0.2, 0.25) is 0 Å². The van der Waals surface area contributed by atoms with Gasteiger partial charge in [-0.15, -0.1) is 0 Å². The van der Waals surface area contributed by atoms with Crippen molar-refractivity contribution in [1.29, 1.82) is 0 Å². The predicted octanol–water partition coefficient (Wildman–Crippen LogP) is 7.06. The molecule has 6 heteroatoms. The summed E-state index contributed by atoms with van der Waals surface area (Å²) in [7, 11) is 0. The molecule has 4 aromatic rings. The number of benzene rings is 2. The molecule has 0 atom stereocenters. The lowest BCUT2D eigenvalue weighted by atomic mass is 9.92. The minimum absolute atomic E-state index is 0.311. The molecule has 4 rings (SSSR count). The number of hydrogen-bond donors (Lipinski definition) is 0. The van der Waals surface area contributed by atoms with Gasteiger partial charge in [0.1, 0.15) is 0 Å². The summed E-state index contributed by atoms with van der Waals surface area (Å²) in [6.45, 7) is 5.83. The molecule has 2 aromatic carbocycles. The zero-order valence-corrected chi connectivity index (χ0v) is 18.9. The highest BCUT2D eigenvalue weighted by atomic mass is 35.5. The van der Waals surface area contributed by atoms with Crippen molar-refractivity contribution in [2.75, 3.05) is 6.61 Å². The molecular formula is C25H20Cl2N2O2. The predicted molar refractivity (Wildman–Crippen MR) is 126 cm³/mol. The van der Waals surface area contributed by atoms with Gasteiger partial charge in [0.05, 0.1) is 29.1 Å². The maximum absolute atomic E-state index is 12.2. The first-order valence-corrected chi connectivity index (χ1v) is 10.7. The van der Waals surface area contributed by atoms with Crippen LogP contribution in [0.25, 0.3) is 33.3 Å². The Morgan fingerprint density at radius 2 is 1.71 bits per heavy atom. The Bertz CT molecular complexity index is 1320. The average Bonchev–Trinajstić information content (AvgIpc) is 2.74. The number of ether oxygens (including phenoxy) is 1. The fourth-order valence-electron chi connectivity index (χ4n) is 3.74. The number of aromatic nitrogens is 2. The lowest BCUT2D eigenvalue weighted by molar-refractivity contribution is 0.0525. The summed E-state index contributed by atoms with van der Waals surface area (Å²) in [5.41, 5.74) is 5.98. The molecule has 0 N–H and O–H groups in total. The first kappa shape index (κ1) is 21.3. The molecule has 0 saturated heterocycles. The third-order valence-electron chi connectivity index (χ3n) is 5.11. The number of nitrogens with zero attached hydrogens (tertiary/aromatic N) is 2. The Balaban J connectivity index is 2.04. The summed E-state index contributed by atoms with van der Waals surface area (Å²) >= 11 is 12.9. The second-order valence-electron chi connectivity index (χ2n) is 7.14. The minimum Gasteiger partial charge on any atom is -0.462 e. The van der Waals surface area contributed by atoms with Gasteiger partial charge in [0.15, 0.2) is 0 Å². The number of aryl methyl sites for hydroxylation is 2. The van der Waals surface area contributed by atoms with E-state index < -0.39 is 0 Å².